The minimum atomic E-state index is -0.480. The second kappa shape index (κ2) is 8.19. The molecule has 6 heteroatoms. The average Bonchev–Trinajstić information content (AvgIpc) is 2.27. The Hall–Kier alpha value is -0.970. The van der Waals surface area contributed by atoms with Gasteiger partial charge in [-0.05, 0) is 25.1 Å². The highest BCUT2D eigenvalue weighted by atomic mass is 35.5. The fourth-order valence-electron chi connectivity index (χ4n) is 1.32. The normalized spacial score (nSPS) is 11.3. The molecule has 0 aliphatic rings. The highest BCUT2D eigenvalue weighted by Gasteiger charge is 2.12. The van der Waals surface area contributed by atoms with Crippen molar-refractivity contribution in [2.24, 2.45) is 5.73 Å². The van der Waals surface area contributed by atoms with E-state index in [1.807, 2.05) is 12.1 Å². The van der Waals surface area contributed by atoms with Crippen LogP contribution in [0.3, 0.4) is 0 Å². The molecule has 0 bridgehead atoms. The van der Waals surface area contributed by atoms with Gasteiger partial charge in [-0.1, -0.05) is 17.7 Å². The van der Waals surface area contributed by atoms with Crippen molar-refractivity contribution in [3.05, 3.63) is 29.3 Å². The molecule has 1 atom stereocenters. The molecule has 102 valence electrons. The fourth-order valence-corrected chi connectivity index (χ4v) is 1.50. The third-order valence-electron chi connectivity index (χ3n) is 2.26. The number of benzene rings is 1. The molecule has 0 saturated carbocycles. The summed E-state index contributed by atoms with van der Waals surface area (Å²) in [5.74, 6) is 0.596. The van der Waals surface area contributed by atoms with Crippen LogP contribution < -0.4 is 10.5 Å². The first-order valence-corrected chi connectivity index (χ1v) is 5.77. The first-order chi connectivity index (χ1) is 8.00. The number of amides is 1. The van der Waals surface area contributed by atoms with Gasteiger partial charge in [0.1, 0.15) is 12.4 Å². The molecule has 1 rings (SSSR count). The molecule has 0 aliphatic heterocycles. The van der Waals surface area contributed by atoms with Crippen LogP contribution in [0, 0.1) is 0 Å². The zero-order valence-corrected chi connectivity index (χ0v) is 12.0. The lowest BCUT2D eigenvalue weighted by atomic mass is 10.3. The summed E-state index contributed by atoms with van der Waals surface area (Å²) in [7, 11) is 1.70. The van der Waals surface area contributed by atoms with Crippen LogP contribution in [-0.2, 0) is 4.79 Å². The van der Waals surface area contributed by atoms with E-state index in [0.29, 0.717) is 23.9 Å². The Kier molecular flexibility index (Phi) is 7.75. The lowest BCUT2D eigenvalue weighted by Gasteiger charge is -2.19. The molecule has 0 aromatic heterocycles. The lowest BCUT2D eigenvalue weighted by molar-refractivity contribution is -0.131. The monoisotopic (exact) mass is 292 g/mol. The molecule has 0 aliphatic carbocycles. The van der Waals surface area contributed by atoms with Gasteiger partial charge in [-0.25, -0.2) is 0 Å². The number of carbonyl (C=O) groups is 1. The quantitative estimate of drug-likeness (QED) is 0.902. The predicted molar refractivity (Wildman–Crippen MR) is 75.5 cm³/mol. The van der Waals surface area contributed by atoms with Crippen LogP contribution in [0.4, 0.5) is 0 Å². The van der Waals surface area contributed by atoms with Gasteiger partial charge < -0.3 is 15.4 Å². The van der Waals surface area contributed by atoms with Crippen molar-refractivity contribution in [1.82, 2.24) is 4.90 Å². The van der Waals surface area contributed by atoms with Crippen LogP contribution in [0.5, 0.6) is 5.75 Å². The second-order valence-corrected chi connectivity index (χ2v) is 4.29. The molecule has 0 saturated heterocycles. The van der Waals surface area contributed by atoms with E-state index in [1.54, 1.807) is 31.0 Å². The Morgan fingerprint density at radius 3 is 2.78 bits per heavy atom. The zero-order valence-electron chi connectivity index (χ0n) is 10.4. The number of likely N-dealkylation sites (N-methyl/N-ethyl adjacent to an activating group) is 1. The number of carbonyl (C=O) groups excluding carboxylic acids is 1. The summed E-state index contributed by atoms with van der Waals surface area (Å²) < 4.78 is 5.47. The summed E-state index contributed by atoms with van der Waals surface area (Å²) in [6, 6.07) is 6.66. The number of nitrogens with zero attached hydrogens (tertiary/aromatic N) is 1. The first-order valence-electron chi connectivity index (χ1n) is 5.39. The minimum Gasteiger partial charge on any atom is -0.492 e. The third kappa shape index (κ3) is 5.58. The molecular formula is C12H18Cl2N2O2. The Morgan fingerprint density at radius 1 is 1.56 bits per heavy atom. The maximum Gasteiger partial charge on any atom is 0.239 e. The van der Waals surface area contributed by atoms with Crippen molar-refractivity contribution in [3.8, 4) is 5.75 Å². The van der Waals surface area contributed by atoms with E-state index in [-0.39, 0.29) is 18.3 Å². The van der Waals surface area contributed by atoms with E-state index in [1.165, 1.54) is 0 Å². The van der Waals surface area contributed by atoms with Crippen LogP contribution in [0.15, 0.2) is 24.3 Å². The number of hydrogen-bond donors (Lipinski definition) is 1. The molecule has 4 nitrogen and oxygen atoms in total. The van der Waals surface area contributed by atoms with E-state index < -0.39 is 6.04 Å². The summed E-state index contributed by atoms with van der Waals surface area (Å²) in [5.41, 5.74) is 5.49. The maximum atomic E-state index is 11.5. The second-order valence-electron chi connectivity index (χ2n) is 3.85. The zero-order chi connectivity index (χ0) is 12.8. The van der Waals surface area contributed by atoms with Crippen LogP contribution in [0.1, 0.15) is 6.92 Å². The number of rotatable bonds is 5. The Bertz CT molecular complexity index is 386. The average molecular weight is 293 g/mol. The summed E-state index contributed by atoms with van der Waals surface area (Å²) in [6.07, 6.45) is 0. The van der Waals surface area contributed by atoms with Crippen LogP contribution in [-0.4, -0.2) is 37.0 Å². The van der Waals surface area contributed by atoms with Crippen molar-refractivity contribution >= 4 is 29.9 Å². The number of halogens is 2. The van der Waals surface area contributed by atoms with Crippen molar-refractivity contribution in [2.45, 2.75) is 13.0 Å². The van der Waals surface area contributed by atoms with Crippen LogP contribution in [0.2, 0.25) is 5.02 Å². The van der Waals surface area contributed by atoms with E-state index in [4.69, 9.17) is 22.1 Å². The molecule has 18 heavy (non-hydrogen) atoms. The van der Waals surface area contributed by atoms with Gasteiger partial charge >= 0.3 is 0 Å². The summed E-state index contributed by atoms with van der Waals surface area (Å²) in [6.45, 7) is 2.57. The number of nitrogens with two attached hydrogens (primary N) is 1. The molecule has 0 unspecified atom stereocenters. The van der Waals surface area contributed by atoms with Crippen molar-refractivity contribution in [1.29, 1.82) is 0 Å². The summed E-state index contributed by atoms with van der Waals surface area (Å²) in [4.78, 5) is 13.0. The van der Waals surface area contributed by atoms with Crippen molar-refractivity contribution < 1.29 is 9.53 Å². The van der Waals surface area contributed by atoms with Crippen LogP contribution in [0.25, 0.3) is 0 Å². The molecule has 0 radical (unpaired) electrons. The fraction of sp³-hybridized carbons (Fsp3) is 0.417. The van der Waals surface area contributed by atoms with Gasteiger partial charge in [0.15, 0.2) is 0 Å². The number of hydrogen-bond acceptors (Lipinski definition) is 3. The molecular weight excluding hydrogens is 275 g/mol. The topological polar surface area (TPSA) is 55.6 Å². The van der Waals surface area contributed by atoms with E-state index in [9.17, 15) is 4.79 Å². The standard InChI is InChI=1S/C12H17ClN2O2.ClH/c1-9(14)12(16)15(2)6-7-17-11-5-3-4-10(13)8-11;/h3-5,8-9H,6-7,14H2,1-2H3;1H/t9-;/m0./s1. The molecule has 0 spiro atoms. The van der Waals surface area contributed by atoms with Gasteiger partial charge in [0.05, 0.1) is 12.6 Å². The number of ether oxygens (including phenoxy) is 1. The van der Waals surface area contributed by atoms with Gasteiger partial charge in [-0.2, -0.15) is 0 Å². The summed E-state index contributed by atoms with van der Waals surface area (Å²) >= 11 is 5.82. The smallest absolute Gasteiger partial charge is 0.239 e. The third-order valence-corrected chi connectivity index (χ3v) is 2.49. The SMILES string of the molecule is C[C@H](N)C(=O)N(C)CCOc1cccc(Cl)c1.Cl. The molecule has 1 amide bonds. The van der Waals surface area contributed by atoms with Gasteiger partial charge in [0.25, 0.3) is 0 Å². The molecule has 1 aromatic rings. The molecule has 0 heterocycles. The van der Waals surface area contributed by atoms with E-state index >= 15 is 0 Å². The van der Waals surface area contributed by atoms with Crippen molar-refractivity contribution in [2.75, 3.05) is 20.2 Å². The highest BCUT2D eigenvalue weighted by molar-refractivity contribution is 6.30. The largest absolute Gasteiger partial charge is 0.492 e. The predicted octanol–water partition coefficient (Wildman–Crippen LogP) is 1.95. The van der Waals surface area contributed by atoms with Gasteiger partial charge in [-0.3, -0.25) is 4.79 Å². The Balaban J connectivity index is 0.00000289. The Morgan fingerprint density at radius 2 is 2.22 bits per heavy atom. The maximum absolute atomic E-state index is 11.5. The van der Waals surface area contributed by atoms with Gasteiger partial charge in [-0.15, -0.1) is 12.4 Å². The van der Waals surface area contributed by atoms with Gasteiger partial charge in [0.2, 0.25) is 5.91 Å². The molecule has 1 aromatic carbocycles. The first kappa shape index (κ1) is 17.0. The highest BCUT2D eigenvalue weighted by Crippen LogP contribution is 2.16. The van der Waals surface area contributed by atoms with E-state index in [0.717, 1.165) is 0 Å². The minimum absolute atomic E-state index is 0. The van der Waals surface area contributed by atoms with Gasteiger partial charge in [0, 0.05) is 12.1 Å². The molecule has 0 fully saturated rings. The lowest BCUT2D eigenvalue weighted by Crippen LogP contribution is -2.41. The van der Waals surface area contributed by atoms with Crippen molar-refractivity contribution in [3.63, 3.8) is 0 Å². The summed E-state index contributed by atoms with van der Waals surface area (Å²) in [5, 5.41) is 0.627. The van der Waals surface area contributed by atoms with Crippen LogP contribution >= 0.6 is 24.0 Å². The van der Waals surface area contributed by atoms with E-state index in [2.05, 4.69) is 0 Å². The molecule has 2 N–H and O–H groups in total. The Labute approximate surface area is 118 Å².